The number of aliphatic carboxylic acids is 1. The first-order valence-electron chi connectivity index (χ1n) is 5.25. The van der Waals surface area contributed by atoms with Crippen LogP contribution in [0.1, 0.15) is 18.4 Å². The highest BCUT2D eigenvalue weighted by molar-refractivity contribution is 5.88. The third kappa shape index (κ3) is 1.22. The van der Waals surface area contributed by atoms with E-state index in [9.17, 15) is 13.6 Å². The number of carboxylic acid groups (broad SMARTS) is 1. The van der Waals surface area contributed by atoms with Crippen LogP contribution in [0.25, 0.3) is 10.9 Å². The zero-order chi connectivity index (χ0) is 12.2. The summed E-state index contributed by atoms with van der Waals surface area (Å²) in [7, 11) is 0. The summed E-state index contributed by atoms with van der Waals surface area (Å²) in [5, 5.41) is 9.49. The third-order valence-corrected chi connectivity index (χ3v) is 3.38. The first-order chi connectivity index (χ1) is 8.06. The van der Waals surface area contributed by atoms with Gasteiger partial charge in [-0.25, -0.2) is 8.78 Å². The van der Waals surface area contributed by atoms with E-state index in [1.165, 1.54) is 12.3 Å². The summed E-state index contributed by atoms with van der Waals surface area (Å²) in [6.07, 6.45) is 2.06. The first-order valence-corrected chi connectivity index (χ1v) is 5.25. The number of fused-ring (bicyclic) bond motifs is 1. The molecular weight excluding hydrogens is 228 g/mol. The van der Waals surface area contributed by atoms with Crippen molar-refractivity contribution in [3.8, 4) is 0 Å². The van der Waals surface area contributed by atoms with Gasteiger partial charge in [0.2, 0.25) is 0 Å². The van der Waals surface area contributed by atoms with Crippen molar-refractivity contribution in [1.82, 2.24) is 4.98 Å². The van der Waals surface area contributed by atoms with Crippen LogP contribution < -0.4 is 0 Å². The van der Waals surface area contributed by atoms with E-state index in [1.54, 1.807) is 6.07 Å². The molecule has 3 nitrogen and oxygen atoms in total. The molecule has 0 spiro atoms. The first kappa shape index (κ1) is 10.3. The summed E-state index contributed by atoms with van der Waals surface area (Å²) in [6.45, 7) is 0. The van der Waals surface area contributed by atoms with Gasteiger partial charge in [-0.3, -0.25) is 4.79 Å². The molecule has 1 aromatic carbocycles. The summed E-state index contributed by atoms with van der Waals surface area (Å²) in [6, 6.07) is 2.72. The maximum absolute atomic E-state index is 14.1. The molecule has 1 fully saturated rings. The fourth-order valence-corrected chi connectivity index (χ4v) is 2.26. The number of aromatic nitrogens is 1. The SMILES string of the molecule is O=C(O)C1(c2c(F)cc3cc[nH]c3c2F)CC1. The van der Waals surface area contributed by atoms with E-state index in [0.717, 1.165) is 0 Å². The molecule has 1 aliphatic rings. The topological polar surface area (TPSA) is 53.1 Å². The lowest BCUT2D eigenvalue weighted by atomic mass is 9.94. The number of rotatable bonds is 2. The molecule has 0 atom stereocenters. The maximum Gasteiger partial charge on any atom is 0.314 e. The number of hydrogen-bond acceptors (Lipinski definition) is 1. The number of halogens is 2. The minimum atomic E-state index is -1.37. The zero-order valence-corrected chi connectivity index (χ0v) is 8.76. The van der Waals surface area contributed by atoms with Crippen LogP contribution in [-0.4, -0.2) is 16.1 Å². The highest BCUT2D eigenvalue weighted by atomic mass is 19.1. The number of carboxylic acids is 1. The highest BCUT2D eigenvalue weighted by Gasteiger charge is 2.55. The number of benzene rings is 1. The Morgan fingerprint density at radius 1 is 1.41 bits per heavy atom. The van der Waals surface area contributed by atoms with Crippen LogP contribution in [0.5, 0.6) is 0 Å². The minimum absolute atomic E-state index is 0.161. The van der Waals surface area contributed by atoms with E-state index >= 15 is 0 Å². The Balaban J connectivity index is 2.33. The molecule has 0 amide bonds. The van der Waals surface area contributed by atoms with Gasteiger partial charge in [-0.2, -0.15) is 0 Å². The van der Waals surface area contributed by atoms with Gasteiger partial charge in [0.1, 0.15) is 5.82 Å². The molecule has 1 aromatic heterocycles. The average Bonchev–Trinajstić information content (AvgIpc) is 2.91. The van der Waals surface area contributed by atoms with Crippen molar-refractivity contribution in [1.29, 1.82) is 0 Å². The molecular formula is C12H9F2NO2. The lowest BCUT2D eigenvalue weighted by Gasteiger charge is -2.13. The van der Waals surface area contributed by atoms with Gasteiger partial charge in [0.15, 0.2) is 5.82 Å². The molecule has 1 saturated carbocycles. The molecule has 0 radical (unpaired) electrons. The van der Waals surface area contributed by atoms with E-state index in [2.05, 4.69) is 4.98 Å². The fraction of sp³-hybridized carbons (Fsp3) is 0.250. The van der Waals surface area contributed by atoms with E-state index in [4.69, 9.17) is 5.11 Å². The third-order valence-electron chi connectivity index (χ3n) is 3.38. The molecule has 0 bridgehead atoms. The molecule has 0 aliphatic heterocycles. The molecule has 2 N–H and O–H groups in total. The lowest BCUT2D eigenvalue weighted by Crippen LogP contribution is -2.22. The van der Waals surface area contributed by atoms with Gasteiger partial charge in [0.25, 0.3) is 0 Å². The molecule has 1 heterocycles. The Hall–Kier alpha value is -1.91. The van der Waals surface area contributed by atoms with Gasteiger partial charge >= 0.3 is 5.97 Å². The number of nitrogens with one attached hydrogen (secondary N) is 1. The van der Waals surface area contributed by atoms with Gasteiger partial charge in [-0.15, -0.1) is 0 Å². The van der Waals surface area contributed by atoms with Crippen LogP contribution in [0.15, 0.2) is 18.3 Å². The second-order valence-electron chi connectivity index (χ2n) is 4.38. The van der Waals surface area contributed by atoms with Crippen molar-refractivity contribution in [2.75, 3.05) is 0 Å². The van der Waals surface area contributed by atoms with Crippen molar-refractivity contribution in [3.05, 3.63) is 35.5 Å². The van der Waals surface area contributed by atoms with Crippen LogP contribution in [0.4, 0.5) is 8.78 Å². The van der Waals surface area contributed by atoms with Crippen LogP contribution >= 0.6 is 0 Å². The second kappa shape index (κ2) is 3.06. The van der Waals surface area contributed by atoms with Gasteiger partial charge in [0, 0.05) is 17.1 Å². The Morgan fingerprint density at radius 2 is 2.12 bits per heavy atom. The summed E-state index contributed by atoms with van der Waals surface area (Å²) in [5.74, 6) is -2.74. The van der Waals surface area contributed by atoms with Crippen molar-refractivity contribution in [2.24, 2.45) is 0 Å². The lowest BCUT2D eigenvalue weighted by molar-refractivity contribution is -0.140. The fourth-order valence-electron chi connectivity index (χ4n) is 2.26. The number of carbonyl (C=O) groups is 1. The zero-order valence-electron chi connectivity index (χ0n) is 8.76. The molecule has 88 valence electrons. The van der Waals surface area contributed by atoms with E-state index in [1.807, 2.05) is 0 Å². The molecule has 5 heteroatoms. The van der Waals surface area contributed by atoms with Gasteiger partial charge in [-0.05, 0) is 25.0 Å². The summed E-state index contributed by atoms with van der Waals surface area (Å²) < 4.78 is 28.0. The van der Waals surface area contributed by atoms with Crippen LogP contribution in [0.2, 0.25) is 0 Å². The van der Waals surface area contributed by atoms with Gasteiger partial charge in [0.05, 0.1) is 10.9 Å². The molecule has 3 rings (SSSR count). The summed E-state index contributed by atoms with van der Waals surface area (Å²) in [4.78, 5) is 13.8. The summed E-state index contributed by atoms with van der Waals surface area (Å²) >= 11 is 0. The predicted molar refractivity (Wildman–Crippen MR) is 56.8 cm³/mol. The van der Waals surface area contributed by atoms with Gasteiger partial charge in [-0.1, -0.05) is 0 Å². The van der Waals surface area contributed by atoms with Crippen molar-refractivity contribution in [3.63, 3.8) is 0 Å². The number of H-pyrrole nitrogens is 1. The number of aromatic amines is 1. The monoisotopic (exact) mass is 237 g/mol. The van der Waals surface area contributed by atoms with Crippen molar-refractivity contribution in [2.45, 2.75) is 18.3 Å². The maximum atomic E-state index is 14.1. The Morgan fingerprint density at radius 3 is 2.71 bits per heavy atom. The predicted octanol–water partition coefficient (Wildman–Crippen LogP) is 2.56. The summed E-state index contributed by atoms with van der Waals surface area (Å²) in [5.41, 5.74) is -1.53. The van der Waals surface area contributed by atoms with Crippen molar-refractivity contribution < 1.29 is 18.7 Å². The quantitative estimate of drug-likeness (QED) is 0.843. The molecule has 17 heavy (non-hydrogen) atoms. The average molecular weight is 237 g/mol. The highest BCUT2D eigenvalue weighted by Crippen LogP contribution is 2.51. The largest absolute Gasteiger partial charge is 0.481 e. The Bertz CT molecular complexity index is 629. The van der Waals surface area contributed by atoms with Crippen LogP contribution in [0, 0.1) is 11.6 Å². The van der Waals surface area contributed by atoms with E-state index in [0.29, 0.717) is 5.39 Å². The van der Waals surface area contributed by atoms with Crippen molar-refractivity contribution >= 4 is 16.9 Å². The van der Waals surface area contributed by atoms with Crippen LogP contribution in [0.3, 0.4) is 0 Å². The van der Waals surface area contributed by atoms with E-state index in [-0.39, 0.29) is 23.9 Å². The molecule has 1 aliphatic carbocycles. The minimum Gasteiger partial charge on any atom is -0.481 e. The number of hydrogen-bond donors (Lipinski definition) is 2. The smallest absolute Gasteiger partial charge is 0.314 e. The molecule has 0 saturated heterocycles. The second-order valence-corrected chi connectivity index (χ2v) is 4.38. The normalized spacial score (nSPS) is 17.3. The Labute approximate surface area is 95.1 Å². The standard InChI is InChI=1S/C12H9F2NO2/c13-7-5-6-1-4-15-10(6)9(14)8(7)12(2-3-12)11(16)17/h1,4-5,15H,2-3H2,(H,16,17). The van der Waals surface area contributed by atoms with E-state index < -0.39 is 23.0 Å². The Kier molecular flexibility index (Phi) is 1.85. The molecule has 0 unspecified atom stereocenters. The van der Waals surface area contributed by atoms with Gasteiger partial charge < -0.3 is 10.1 Å². The molecule has 2 aromatic rings. The van der Waals surface area contributed by atoms with Crippen LogP contribution in [-0.2, 0) is 10.2 Å².